The second-order valence-electron chi connectivity index (χ2n) is 5.09. The number of aromatic nitrogens is 2. The molecule has 1 fully saturated rings. The average molecular weight is 289 g/mol. The Bertz CT molecular complexity index is 633. The Labute approximate surface area is 120 Å². The molecule has 2 heterocycles. The summed E-state index contributed by atoms with van der Waals surface area (Å²) >= 11 is 0. The van der Waals surface area contributed by atoms with Crippen LogP contribution < -0.4 is 4.90 Å². The van der Waals surface area contributed by atoms with E-state index in [2.05, 4.69) is 10.1 Å². The number of anilines is 1. The predicted molar refractivity (Wildman–Crippen MR) is 73.8 cm³/mol. The van der Waals surface area contributed by atoms with E-state index in [1.165, 1.54) is 0 Å². The fourth-order valence-electron chi connectivity index (χ4n) is 2.33. The molecule has 7 heteroatoms. The highest BCUT2D eigenvalue weighted by molar-refractivity contribution is 5.77. The van der Waals surface area contributed by atoms with E-state index in [0.717, 1.165) is 5.56 Å². The van der Waals surface area contributed by atoms with Gasteiger partial charge in [-0.05, 0) is 17.3 Å². The summed E-state index contributed by atoms with van der Waals surface area (Å²) in [7, 11) is 0. The summed E-state index contributed by atoms with van der Waals surface area (Å²) < 4.78 is 5.22. The summed E-state index contributed by atoms with van der Waals surface area (Å²) in [6.45, 7) is 0.743. The second-order valence-corrected chi connectivity index (χ2v) is 5.09. The number of carboxylic acid groups (broad SMARTS) is 1. The molecule has 7 nitrogen and oxygen atoms in total. The number of rotatable bonds is 3. The Morgan fingerprint density at radius 2 is 1.90 bits per heavy atom. The molecular weight excluding hydrogens is 274 g/mol. The minimum atomic E-state index is -1.65. The third kappa shape index (κ3) is 2.59. The Morgan fingerprint density at radius 3 is 2.52 bits per heavy atom. The first-order valence-electron chi connectivity index (χ1n) is 6.68. The molecule has 2 N–H and O–H groups in total. The quantitative estimate of drug-likeness (QED) is 0.874. The standard InChI is InChI=1S/C14H15N3O4/c18-12(19)14(20)6-8-17(9-7-14)13-15-11(21-16-13)10-4-2-1-3-5-10/h1-5,20H,6-9H2,(H,18,19). The van der Waals surface area contributed by atoms with Gasteiger partial charge in [-0.1, -0.05) is 18.2 Å². The Morgan fingerprint density at radius 1 is 1.24 bits per heavy atom. The molecule has 21 heavy (non-hydrogen) atoms. The first-order valence-corrected chi connectivity index (χ1v) is 6.68. The van der Waals surface area contributed by atoms with Crippen LogP contribution in [0.3, 0.4) is 0 Å². The van der Waals surface area contributed by atoms with Gasteiger partial charge in [0.15, 0.2) is 5.60 Å². The van der Waals surface area contributed by atoms with Crippen molar-refractivity contribution in [1.29, 1.82) is 0 Å². The number of carboxylic acids is 1. The number of carbonyl (C=O) groups is 1. The van der Waals surface area contributed by atoms with E-state index in [1.54, 1.807) is 0 Å². The van der Waals surface area contributed by atoms with E-state index in [9.17, 15) is 9.90 Å². The van der Waals surface area contributed by atoms with Crippen molar-refractivity contribution < 1.29 is 19.5 Å². The third-order valence-corrected chi connectivity index (χ3v) is 3.71. The van der Waals surface area contributed by atoms with Gasteiger partial charge in [0.1, 0.15) is 0 Å². The Hall–Kier alpha value is -2.41. The topological polar surface area (TPSA) is 99.7 Å². The zero-order chi connectivity index (χ0) is 14.9. The second kappa shape index (κ2) is 5.17. The van der Waals surface area contributed by atoms with Crippen LogP contribution in [0.1, 0.15) is 12.8 Å². The smallest absolute Gasteiger partial charge is 0.335 e. The lowest BCUT2D eigenvalue weighted by Gasteiger charge is -2.34. The first-order chi connectivity index (χ1) is 10.1. The predicted octanol–water partition coefficient (Wildman–Crippen LogP) is 1.15. The molecule has 1 aliphatic heterocycles. The van der Waals surface area contributed by atoms with Gasteiger partial charge in [0.2, 0.25) is 0 Å². The molecule has 0 amide bonds. The van der Waals surface area contributed by atoms with Crippen molar-refractivity contribution >= 4 is 11.9 Å². The zero-order valence-corrected chi connectivity index (χ0v) is 11.3. The molecule has 0 bridgehead atoms. The highest BCUT2D eigenvalue weighted by Crippen LogP contribution is 2.26. The van der Waals surface area contributed by atoms with Crippen LogP contribution in [0.2, 0.25) is 0 Å². The highest BCUT2D eigenvalue weighted by Gasteiger charge is 2.40. The third-order valence-electron chi connectivity index (χ3n) is 3.71. The molecule has 1 aromatic heterocycles. The van der Waals surface area contributed by atoms with E-state index >= 15 is 0 Å². The number of hydrogen-bond acceptors (Lipinski definition) is 6. The van der Waals surface area contributed by atoms with Crippen LogP contribution in [0.4, 0.5) is 5.95 Å². The van der Waals surface area contributed by atoms with Crippen LogP contribution in [0, 0.1) is 0 Å². The van der Waals surface area contributed by atoms with Crippen LogP contribution in [-0.2, 0) is 4.79 Å². The van der Waals surface area contributed by atoms with Gasteiger partial charge in [0.25, 0.3) is 11.8 Å². The van der Waals surface area contributed by atoms with Crippen LogP contribution in [0.15, 0.2) is 34.9 Å². The summed E-state index contributed by atoms with van der Waals surface area (Å²) in [5, 5.41) is 22.8. The molecule has 1 saturated heterocycles. The molecule has 0 atom stereocenters. The Balaban J connectivity index is 1.73. The maximum Gasteiger partial charge on any atom is 0.335 e. The van der Waals surface area contributed by atoms with E-state index < -0.39 is 11.6 Å². The van der Waals surface area contributed by atoms with Crippen LogP contribution in [0.25, 0.3) is 11.5 Å². The molecule has 1 aromatic carbocycles. The van der Waals surface area contributed by atoms with Gasteiger partial charge in [-0.2, -0.15) is 4.98 Å². The minimum absolute atomic E-state index is 0.136. The monoisotopic (exact) mass is 289 g/mol. The van der Waals surface area contributed by atoms with Gasteiger partial charge in [-0.15, -0.1) is 0 Å². The summed E-state index contributed by atoms with van der Waals surface area (Å²) in [6, 6.07) is 9.41. The number of aliphatic hydroxyl groups is 1. The molecule has 0 saturated carbocycles. The van der Waals surface area contributed by atoms with Crippen LogP contribution >= 0.6 is 0 Å². The maximum atomic E-state index is 11.0. The normalized spacial score (nSPS) is 17.7. The van der Waals surface area contributed by atoms with Gasteiger partial charge >= 0.3 is 5.97 Å². The molecule has 0 radical (unpaired) electrons. The van der Waals surface area contributed by atoms with Crippen molar-refractivity contribution in [1.82, 2.24) is 10.1 Å². The fraction of sp³-hybridized carbons (Fsp3) is 0.357. The molecule has 3 rings (SSSR count). The maximum absolute atomic E-state index is 11.0. The SMILES string of the molecule is O=C(O)C1(O)CCN(c2noc(-c3ccccc3)n2)CC1. The summed E-state index contributed by atoms with van der Waals surface area (Å²) in [6.07, 6.45) is 0.273. The van der Waals surface area contributed by atoms with Gasteiger partial charge in [0.05, 0.1) is 0 Å². The largest absolute Gasteiger partial charge is 0.479 e. The van der Waals surface area contributed by atoms with Gasteiger partial charge in [-0.3, -0.25) is 0 Å². The summed E-state index contributed by atoms with van der Waals surface area (Å²) in [4.78, 5) is 17.1. The van der Waals surface area contributed by atoms with E-state index in [-0.39, 0.29) is 12.8 Å². The summed E-state index contributed by atoms with van der Waals surface area (Å²) in [5.74, 6) is -0.341. The van der Waals surface area contributed by atoms with Crippen LogP contribution in [-0.4, -0.2) is 45.0 Å². The molecule has 2 aromatic rings. The van der Waals surface area contributed by atoms with E-state index in [4.69, 9.17) is 9.63 Å². The van der Waals surface area contributed by atoms with Crippen molar-refractivity contribution in [3.05, 3.63) is 30.3 Å². The molecule has 110 valence electrons. The van der Waals surface area contributed by atoms with Crippen LogP contribution in [0.5, 0.6) is 0 Å². The first kappa shape index (κ1) is 13.6. The van der Waals surface area contributed by atoms with E-state index in [1.807, 2.05) is 35.2 Å². The summed E-state index contributed by atoms with van der Waals surface area (Å²) in [5.41, 5.74) is -0.821. The number of aliphatic carboxylic acids is 1. The lowest BCUT2D eigenvalue weighted by molar-refractivity contribution is -0.160. The van der Waals surface area contributed by atoms with Crippen molar-refractivity contribution in [2.75, 3.05) is 18.0 Å². The number of benzene rings is 1. The number of piperidine rings is 1. The minimum Gasteiger partial charge on any atom is -0.479 e. The number of hydrogen-bond donors (Lipinski definition) is 2. The van der Waals surface area contributed by atoms with Gasteiger partial charge in [0, 0.05) is 31.5 Å². The van der Waals surface area contributed by atoms with Gasteiger partial charge in [-0.25, -0.2) is 4.79 Å². The van der Waals surface area contributed by atoms with Crippen molar-refractivity contribution in [2.24, 2.45) is 0 Å². The number of nitrogens with zero attached hydrogens (tertiary/aromatic N) is 3. The molecular formula is C14H15N3O4. The molecule has 1 aliphatic rings. The average Bonchev–Trinajstić information content (AvgIpc) is 2.98. The fourth-order valence-corrected chi connectivity index (χ4v) is 2.33. The lowest BCUT2D eigenvalue weighted by atomic mass is 9.92. The highest BCUT2D eigenvalue weighted by atomic mass is 16.5. The lowest BCUT2D eigenvalue weighted by Crippen LogP contribution is -2.49. The molecule has 0 unspecified atom stereocenters. The Kier molecular flexibility index (Phi) is 3.34. The van der Waals surface area contributed by atoms with Crippen molar-refractivity contribution in [3.8, 4) is 11.5 Å². The van der Waals surface area contributed by atoms with Crippen molar-refractivity contribution in [2.45, 2.75) is 18.4 Å². The van der Waals surface area contributed by atoms with E-state index in [0.29, 0.717) is 24.9 Å². The zero-order valence-electron chi connectivity index (χ0n) is 11.3. The molecule has 0 aliphatic carbocycles. The van der Waals surface area contributed by atoms with Crippen molar-refractivity contribution in [3.63, 3.8) is 0 Å². The molecule has 0 spiro atoms. The van der Waals surface area contributed by atoms with Gasteiger partial charge < -0.3 is 19.6 Å².